The van der Waals surface area contributed by atoms with Gasteiger partial charge in [0, 0.05) is 22.4 Å². The molecule has 2 atom stereocenters. The van der Waals surface area contributed by atoms with E-state index in [0.717, 1.165) is 29.6 Å². The summed E-state index contributed by atoms with van der Waals surface area (Å²) >= 11 is 2.62. The Morgan fingerprint density at radius 3 is 2.67 bits per heavy atom. The van der Waals surface area contributed by atoms with Crippen LogP contribution in [0.4, 0.5) is 0 Å². The Labute approximate surface area is 121 Å². The average molecular weight is 330 g/mol. The van der Waals surface area contributed by atoms with E-state index in [1.54, 1.807) is 0 Å². The van der Waals surface area contributed by atoms with Gasteiger partial charge in [-0.2, -0.15) is 0 Å². The number of hydrogen-bond acceptors (Lipinski definition) is 2. The van der Waals surface area contributed by atoms with Crippen molar-refractivity contribution in [2.24, 2.45) is 5.92 Å². The molecule has 0 spiro atoms. The van der Waals surface area contributed by atoms with Crippen molar-refractivity contribution in [1.29, 1.82) is 0 Å². The molecule has 1 aromatic carbocycles. The molecule has 4 heteroatoms. The molecule has 1 aliphatic rings. The number of benzene rings is 1. The van der Waals surface area contributed by atoms with Crippen molar-refractivity contribution in [3.05, 3.63) is 34.3 Å². The van der Waals surface area contributed by atoms with Crippen molar-refractivity contribution in [2.75, 3.05) is 12.3 Å². The van der Waals surface area contributed by atoms with Gasteiger partial charge in [0.2, 0.25) is 0 Å². The Balaban J connectivity index is 2.09. The fraction of sp³-hybridized carbons (Fsp3) is 0.571. The lowest BCUT2D eigenvalue weighted by atomic mass is 10.1. The first-order valence-corrected chi connectivity index (χ1v) is 8.55. The van der Waals surface area contributed by atoms with E-state index in [1.807, 2.05) is 0 Å². The summed E-state index contributed by atoms with van der Waals surface area (Å²) in [5.74, 6) is 1.25. The average Bonchev–Trinajstić information content (AvgIpc) is 2.78. The van der Waals surface area contributed by atoms with E-state index in [1.165, 1.54) is 5.56 Å². The van der Waals surface area contributed by atoms with Crippen molar-refractivity contribution in [3.8, 4) is 0 Å². The van der Waals surface area contributed by atoms with Crippen LogP contribution in [0.25, 0.3) is 0 Å². The Hall–Kier alpha value is -0.0300. The molecular formula is C14H20BrNOS. The van der Waals surface area contributed by atoms with E-state index in [0.29, 0.717) is 12.0 Å². The van der Waals surface area contributed by atoms with E-state index in [4.69, 9.17) is 0 Å². The Kier molecular flexibility index (Phi) is 5.13. The predicted molar refractivity (Wildman–Crippen MR) is 80.7 cm³/mol. The second kappa shape index (κ2) is 6.42. The summed E-state index contributed by atoms with van der Waals surface area (Å²) in [5, 5.41) is 0. The number of hydrogen-bond donors (Lipinski definition) is 0. The van der Waals surface area contributed by atoms with Crippen molar-refractivity contribution >= 4 is 27.3 Å². The highest BCUT2D eigenvalue weighted by molar-refractivity contribution is 9.10. The summed E-state index contributed by atoms with van der Waals surface area (Å²) in [5.41, 5.74) is 1.29. The highest BCUT2D eigenvalue weighted by atomic mass is 79.9. The molecular weight excluding hydrogens is 310 g/mol. The third-order valence-corrected chi connectivity index (χ3v) is 5.64. The van der Waals surface area contributed by atoms with Gasteiger partial charge in [-0.15, -0.1) is 4.31 Å². The zero-order valence-corrected chi connectivity index (χ0v) is 13.3. The first kappa shape index (κ1) is 14.4. The second-order valence-electron chi connectivity index (χ2n) is 5.23. The normalized spacial score (nSPS) is 22.6. The van der Waals surface area contributed by atoms with E-state index >= 15 is 0 Å². The van der Waals surface area contributed by atoms with Crippen LogP contribution < -0.4 is 0 Å². The van der Waals surface area contributed by atoms with Gasteiger partial charge in [-0.25, -0.2) is 0 Å². The number of halogens is 1. The minimum atomic E-state index is -0.840. The minimum absolute atomic E-state index is 0.331. The molecule has 2 rings (SSSR count). The zero-order chi connectivity index (χ0) is 13.1. The second-order valence-corrected chi connectivity index (χ2v) is 7.59. The highest BCUT2D eigenvalue weighted by Crippen LogP contribution is 2.35. The van der Waals surface area contributed by atoms with Crippen molar-refractivity contribution in [1.82, 2.24) is 4.31 Å². The third kappa shape index (κ3) is 3.50. The lowest BCUT2D eigenvalue weighted by molar-refractivity contribution is 0.393. The highest BCUT2D eigenvalue weighted by Gasteiger charge is 2.34. The standard InChI is InChI=1S/C14H20BrNOS/c1-11(2)10-18(17)16-9-3-4-14(16)12-5-7-13(15)8-6-12/h5-8,11,14H,3-4,9-10H2,1-2H3/t14-,18?/m0/s1. The maximum absolute atomic E-state index is 12.3. The quantitative estimate of drug-likeness (QED) is 0.783. The van der Waals surface area contributed by atoms with Crippen LogP contribution in [-0.2, 0) is 11.4 Å². The molecule has 1 heterocycles. The maximum Gasteiger partial charge on any atom is 0.128 e. The molecule has 0 bridgehead atoms. The van der Waals surface area contributed by atoms with Gasteiger partial charge in [0.05, 0.1) is 6.04 Å². The van der Waals surface area contributed by atoms with Crippen LogP contribution in [0.5, 0.6) is 0 Å². The maximum atomic E-state index is 12.3. The summed E-state index contributed by atoms with van der Waals surface area (Å²) in [6.07, 6.45) is 2.26. The molecule has 0 N–H and O–H groups in total. The number of nitrogens with zero attached hydrogens (tertiary/aromatic N) is 1. The van der Waals surface area contributed by atoms with Gasteiger partial charge in [0.25, 0.3) is 0 Å². The predicted octanol–water partition coefficient (Wildman–Crippen LogP) is 3.91. The van der Waals surface area contributed by atoms with Gasteiger partial charge in [0.1, 0.15) is 5.75 Å². The largest absolute Gasteiger partial charge is 0.598 e. The molecule has 18 heavy (non-hydrogen) atoms. The molecule has 0 radical (unpaired) electrons. The van der Waals surface area contributed by atoms with Crippen LogP contribution in [0.3, 0.4) is 0 Å². The minimum Gasteiger partial charge on any atom is -0.598 e. The summed E-state index contributed by atoms with van der Waals surface area (Å²) in [7, 11) is 0. The molecule has 1 aromatic rings. The molecule has 0 aliphatic carbocycles. The molecule has 1 fully saturated rings. The van der Waals surface area contributed by atoms with E-state index in [-0.39, 0.29) is 0 Å². The lowest BCUT2D eigenvalue weighted by Crippen LogP contribution is -2.34. The van der Waals surface area contributed by atoms with Gasteiger partial charge in [0.15, 0.2) is 0 Å². The van der Waals surface area contributed by atoms with Gasteiger partial charge in [-0.1, -0.05) is 41.9 Å². The topological polar surface area (TPSA) is 26.3 Å². The molecule has 100 valence electrons. The van der Waals surface area contributed by atoms with E-state index in [2.05, 4.69) is 58.3 Å². The Morgan fingerprint density at radius 2 is 2.06 bits per heavy atom. The van der Waals surface area contributed by atoms with Crippen LogP contribution in [0, 0.1) is 5.92 Å². The zero-order valence-electron chi connectivity index (χ0n) is 10.9. The summed E-state index contributed by atoms with van der Waals surface area (Å²) in [4.78, 5) is 0. The molecule has 2 nitrogen and oxygen atoms in total. The fourth-order valence-corrected chi connectivity index (χ4v) is 4.25. The summed E-state index contributed by atoms with van der Waals surface area (Å²) < 4.78 is 15.6. The Morgan fingerprint density at radius 1 is 1.39 bits per heavy atom. The fourth-order valence-electron chi connectivity index (χ4n) is 2.38. The van der Waals surface area contributed by atoms with Crippen LogP contribution in [0.2, 0.25) is 0 Å². The van der Waals surface area contributed by atoms with Crippen molar-refractivity contribution in [3.63, 3.8) is 0 Å². The first-order chi connectivity index (χ1) is 8.58. The molecule has 0 saturated carbocycles. The van der Waals surface area contributed by atoms with Crippen LogP contribution in [-0.4, -0.2) is 21.2 Å². The first-order valence-electron chi connectivity index (χ1n) is 6.48. The smallest absolute Gasteiger partial charge is 0.128 e. The van der Waals surface area contributed by atoms with Gasteiger partial charge < -0.3 is 4.55 Å². The monoisotopic (exact) mass is 329 g/mol. The van der Waals surface area contributed by atoms with Crippen LogP contribution in [0.15, 0.2) is 28.7 Å². The summed E-state index contributed by atoms with van der Waals surface area (Å²) in [6, 6.07) is 8.74. The SMILES string of the molecule is CC(C)C[S+]([O-])N1CCC[C@H]1c1ccc(Br)cc1. The summed E-state index contributed by atoms with van der Waals surface area (Å²) in [6.45, 7) is 5.21. The molecule has 1 unspecified atom stereocenters. The molecule has 0 aromatic heterocycles. The number of rotatable bonds is 4. The van der Waals surface area contributed by atoms with Gasteiger partial charge in [-0.05, 0) is 36.5 Å². The third-order valence-electron chi connectivity index (χ3n) is 3.20. The molecule has 0 amide bonds. The lowest BCUT2D eigenvalue weighted by Gasteiger charge is -2.27. The van der Waals surface area contributed by atoms with Crippen molar-refractivity contribution in [2.45, 2.75) is 32.7 Å². The van der Waals surface area contributed by atoms with Gasteiger partial charge >= 0.3 is 0 Å². The Bertz CT molecular complexity index is 382. The van der Waals surface area contributed by atoms with Crippen LogP contribution >= 0.6 is 15.9 Å². The van der Waals surface area contributed by atoms with Gasteiger partial charge in [-0.3, -0.25) is 0 Å². The molecule has 1 aliphatic heterocycles. The molecule has 1 saturated heterocycles. The van der Waals surface area contributed by atoms with E-state index < -0.39 is 11.4 Å². The van der Waals surface area contributed by atoms with Crippen molar-refractivity contribution < 1.29 is 4.55 Å². The van der Waals surface area contributed by atoms with Crippen LogP contribution in [0.1, 0.15) is 38.3 Å². The van der Waals surface area contributed by atoms with E-state index in [9.17, 15) is 4.55 Å².